The number of nitrogens with one attached hydrogen (secondary N) is 1. The number of carbonyl (C=O) groups excluding carboxylic acids is 1. The number of carbonyl (C=O) groups is 1. The van der Waals surface area contributed by atoms with Gasteiger partial charge in [0.25, 0.3) is 0 Å². The van der Waals surface area contributed by atoms with Crippen LogP contribution >= 0.6 is 0 Å². The molecule has 5 heteroatoms. The molecule has 1 aliphatic carbocycles. The lowest BCUT2D eigenvalue weighted by molar-refractivity contribution is -0.141. The molecule has 1 saturated carbocycles. The molecule has 166 valence electrons. The van der Waals surface area contributed by atoms with Crippen molar-refractivity contribution in [3.8, 4) is 0 Å². The van der Waals surface area contributed by atoms with E-state index in [-0.39, 0.29) is 5.41 Å². The zero-order valence-electron chi connectivity index (χ0n) is 19.1. The van der Waals surface area contributed by atoms with Gasteiger partial charge in [0.2, 0.25) is 5.91 Å². The normalized spacial score (nSPS) is 25.9. The Hall–Kier alpha value is -2.14. The van der Waals surface area contributed by atoms with Gasteiger partial charge in [0.1, 0.15) is 5.84 Å². The smallest absolute Gasteiger partial charge is 0.234 e. The van der Waals surface area contributed by atoms with Crippen molar-refractivity contribution in [2.75, 3.05) is 32.7 Å². The molecular weight excluding hydrogens is 384 g/mol. The summed E-state index contributed by atoms with van der Waals surface area (Å²) in [6, 6.07) is 9.34. The SMILES string of the molecule is CC(C)=C1CCC(N2CCC3(CC2)C(=O)N(CC2=NCCN2)Cc2ccccc23)CC1. The Balaban J connectivity index is 1.33. The first-order valence-corrected chi connectivity index (χ1v) is 12.1. The van der Waals surface area contributed by atoms with Crippen molar-refractivity contribution in [3.05, 3.63) is 46.5 Å². The predicted molar refractivity (Wildman–Crippen MR) is 125 cm³/mol. The van der Waals surface area contributed by atoms with Crippen LogP contribution in [0.5, 0.6) is 0 Å². The molecular formula is C26H36N4O. The van der Waals surface area contributed by atoms with E-state index in [1.807, 2.05) is 0 Å². The molecule has 3 heterocycles. The number of piperidine rings is 1. The van der Waals surface area contributed by atoms with Gasteiger partial charge in [-0.1, -0.05) is 35.4 Å². The third-order valence-corrected chi connectivity index (χ3v) is 8.11. The Morgan fingerprint density at radius 1 is 1.16 bits per heavy atom. The molecule has 0 bridgehead atoms. The minimum atomic E-state index is -0.357. The van der Waals surface area contributed by atoms with Crippen LogP contribution < -0.4 is 5.32 Å². The van der Waals surface area contributed by atoms with Crippen molar-refractivity contribution in [1.82, 2.24) is 15.1 Å². The summed E-state index contributed by atoms with van der Waals surface area (Å²) >= 11 is 0. The molecule has 1 amide bonds. The van der Waals surface area contributed by atoms with Gasteiger partial charge in [-0.05, 0) is 76.6 Å². The van der Waals surface area contributed by atoms with Crippen LogP contribution in [0.2, 0.25) is 0 Å². The van der Waals surface area contributed by atoms with Crippen molar-refractivity contribution >= 4 is 11.7 Å². The standard InChI is InChI=1S/C26H36N4O/c1-19(2)20-7-9-22(10-8-20)29-15-11-26(12-16-29)23-6-4-3-5-21(23)17-30(25(26)31)18-24-27-13-14-28-24/h3-6,22H,7-18H2,1-2H3,(H,27,28). The lowest BCUT2D eigenvalue weighted by Crippen LogP contribution is -2.58. The molecule has 3 aliphatic heterocycles. The lowest BCUT2D eigenvalue weighted by Gasteiger charge is -2.49. The van der Waals surface area contributed by atoms with E-state index in [1.54, 1.807) is 5.57 Å². The van der Waals surface area contributed by atoms with Gasteiger partial charge in [0.15, 0.2) is 0 Å². The van der Waals surface area contributed by atoms with E-state index in [2.05, 4.69) is 58.2 Å². The van der Waals surface area contributed by atoms with Gasteiger partial charge in [-0.25, -0.2) is 0 Å². The van der Waals surface area contributed by atoms with Crippen molar-refractivity contribution in [2.45, 2.75) is 70.4 Å². The Labute approximate surface area is 186 Å². The molecule has 1 saturated heterocycles. The Kier molecular flexibility index (Phi) is 5.63. The number of rotatable bonds is 3. The number of aliphatic imine (C=N–C) groups is 1. The largest absolute Gasteiger partial charge is 0.370 e. The Morgan fingerprint density at radius 3 is 2.58 bits per heavy atom. The van der Waals surface area contributed by atoms with E-state index >= 15 is 0 Å². The van der Waals surface area contributed by atoms with Crippen LogP contribution in [0.1, 0.15) is 63.5 Å². The maximum Gasteiger partial charge on any atom is 0.234 e. The van der Waals surface area contributed by atoms with Crippen LogP contribution in [0.4, 0.5) is 0 Å². The summed E-state index contributed by atoms with van der Waals surface area (Å²) in [5, 5.41) is 3.35. The number of nitrogens with zero attached hydrogens (tertiary/aromatic N) is 3. The van der Waals surface area contributed by atoms with Gasteiger partial charge in [-0.3, -0.25) is 9.79 Å². The second-order valence-electron chi connectivity index (χ2n) is 10.0. The van der Waals surface area contributed by atoms with E-state index in [1.165, 1.54) is 42.4 Å². The highest BCUT2D eigenvalue weighted by Gasteiger charge is 2.49. The summed E-state index contributed by atoms with van der Waals surface area (Å²) in [6.45, 7) is 9.61. The van der Waals surface area contributed by atoms with Crippen molar-refractivity contribution in [3.63, 3.8) is 0 Å². The van der Waals surface area contributed by atoms with Crippen LogP contribution in [-0.2, 0) is 16.8 Å². The van der Waals surface area contributed by atoms with Gasteiger partial charge in [-0.2, -0.15) is 0 Å². The molecule has 0 unspecified atom stereocenters. The monoisotopic (exact) mass is 420 g/mol. The third kappa shape index (κ3) is 3.82. The molecule has 1 N–H and O–H groups in total. The molecule has 1 aromatic rings. The van der Waals surface area contributed by atoms with Gasteiger partial charge < -0.3 is 15.1 Å². The number of fused-ring (bicyclic) bond motifs is 2. The van der Waals surface area contributed by atoms with Gasteiger partial charge in [0.05, 0.1) is 18.5 Å². The fourth-order valence-electron chi connectivity index (χ4n) is 6.25. The minimum absolute atomic E-state index is 0.317. The summed E-state index contributed by atoms with van der Waals surface area (Å²) < 4.78 is 0. The summed E-state index contributed by atoms with van der Waals surface area (Å²) in [7, 11) is 0. The number of hydrogen-bond donors (Lipinski definition) is 1. The highest BCUT2D eigenvalue weighted by molar-refractivity contribution is 5.95. The fourth-order valence-corrected chi connectivity index (χ4v) is 6.25. The van der Waals surface area contributed by atoms with E-state index in [4.69, 9.17) is 0 Å². The first-order chi connectivity index (χ1) is 15.1. The first kappa shape index (κ1) is 20.7. The van der Waals surface area contributed by atoms with Crippen LogP contribution in [0.3, 0.4) is 0 Å². The topological polar surface area (TPSA) is 47.9 Å². The third-order valence-electron chi connectivity index (χ3n) is 8.11. The van der Waals surface area contributed by atoms with Crippen LogP contribution in [-0.4, -0.2) is 60.3 Å². The van der Waals surface area contributed by atoms with E-state index in [9.17, 15) is 4.79 Å². The number of amidine groups is 1. The summed E-state index contributed by atoms with van der Waals surface area (Å²) in [4.78, 5) is 23.2. The van der Waals surface area contributed by atoms with Gasteiger partial charge in [-0.15, -0.1) is 0 Å². The maximum absolute atomic E-state index is 13.9. The number of benzene rings is 1. The quantitative estimate of drug-likeness (QED) is 0.760. The van der Waals surface area contributed by atoms with E-state index in [0.29, 0.717) is 25.0 Å². The zero-order valence-corrected chi connectivity index (χ0v) is 19.1. The maximum atomic E-state index is 13.9. The number of amides is 1. The van der Waals surface area contributed by atoms with Crippen LogP contribution in [0.25, 0.3) is 0 Å². The highest BCUT2D eigenvalue weighted by Crippen LogP contribution is 2.44. The number of hydrogen-bond acceptors (Lipinski definition) is 4. The number of likely N-dealkylation sites (tertiary alicyclic amines) is 1. The summed E-state index contributed by atoms with van der Waals surface area (Å²) in [5.41, 5.74) is 5.43. The van der Waals surface area contributed by atoms with Gasteiger partial charge in [0, 0.05) is 19.1 Å². The lowest BCUT2D eigenvalue weighted by atomic mass is 9.67. The fraction of sp³-hybridized carbons (Fsp3) is 0.615. The summed E-state index contributed by atoms with van der Waals surface area (Å²) in [5.74, 6) is 1.29. The second-order valence-corrected chi connectivity index (χ2v) is 10.0. The molecule has 31 heavy (non-hydrogen) atoms. The average molecular weight is 421 g/mol. The van der Waals surface area contributed by atoms with E-state index in [0.717, 1.165) is 44.9 Å². The van der Waals surface area contributed by atoms with Crippen molar-refractivity contribution in [1.29, 1.82) is 0 Å². The molecule has 1 spiro atoms. The van der Waals surface area contributed by atoms with E-state index < -0.39 is 0 Å². The molecule has 5 rings (SSSR count). The molecule has 0 aromatic heterocycles. The molecule has 0 atom stereocenters. The molecule has 1 aromatic carbocycles. The van der Waals surface area contributed by atoms with Crippen LogP contribution in [0.15, 0.2) is 40.4 Å². The predicted octanol–water partition coefficient (Wildman–Crippen LogP) is 3.64. The van der Waals surface area contributed by atoms with Gasteiger partial charge >= 0.3 is 0 Å². The summed E-state index contributed by atoms with van der Waals surface area (Å²) in [6.07, 6.45) is 6.92. The zero-order chi connectivity index (χ0) is 21.4. The first-order valence-electron chi connectivity index (χ1n) is 12.1. The van der Waals surface area contributed by atoms with Crippen molar-refractivity contribution in [2.24, 2.45) is 4.99 Å². The molecule has 0 radical (unpaired) electrons. The average Bonchev–Trinajstić information content (AvgIpc) is 3.31. The molecule has 5 nitrogen and oxygen atoms in total. The highest BCUT2D eigenvalue weighted by atomic mass is 16.2. The van der Waals surface area contributed by atoms with Crippen molar-refractivity contribution < 1.29 is 4.79 Å². The Bertz CT molecular complexity index is 896. The number of allylic oxidation sites excluding steroid dienone is 2. The Morgan fingerprint density at radius 2 is 1.90 bits per heavy atom. The van der Waals surface area contributed by atoms with Crippen LogP contribution in [0, 0.1) is 0 Å². The second kappa shape index (κ2) is 8.42. The molecule has 2 fully saturated rings. The molecule has 4 aliphatic rings. The minimum Gasteiger partial charge on any atom is -0.370 e.